The molecule has 0 saturated heterocycles. The Morgan fingerprint density at radius 2 is 2.28 bits per heavy atom. The van der Waals surface area contributed by atoms with Crippen LogP contribution >= 0.6 is 9.24 Å². The highest BCUT2D eigenvalue weighted by Gasteiger charge is 2.35. The first-order valence-corrected chi connectivity index (χ1v) is 6.85. The summed E-state index contributed by atoms with van der Waals surface area (Å²) < 4.78 is 2.06. The van der Waals surface area contributed by atoms with Gasteiger partial charge in [0.1, 0.15) is 11.8 Å². The molecule has 1 saturated carbocycles. The third-order valence-corrected chi connectivity index (χ3v) is 4.03. The molecule has 18 heavy (non-hydrogen) atoms. The first kappa shape index (κ1) is 11.6. The van der Waals surface area contributed by atoms with Crippen LogP contribution in [0.25, 0.3) is 11.2 Å². The number of nitrogen functional groups attached to an aromatic ring is 1. The van der Waals surface area contributed by atoms with Crippen LogP contribution in [0.3, 0.4) is 0 Å². The smallest absolute Gasteiger partial charge is 0.165 e. The van der Waals surface area contributed by atoms with Crippen LogP contribution < -0.4 is 5.73 Å². The lowest BCUT2D eigenvalue weighted by Gasteiger charge is -2.39. The maximum absolute atomic E-state index is 5.79. The standard InChI is InChI=1S/C12H16N5P/c1-7-8(2-3-18)4-9(7)17-6-16-10-11(13)14-5-15-12(10)17/h5-6,8-9H,1-4,18H2,(H2,13,14,15). The van der Waals surface area contributed by atoms with E-state index in [4.69, 9.17) is 5.73 Å². The fourth-order valence-electron chi connectivity index (χ4n) is 2.58. The van der Waals surface area contributed by atoms with E-state index in [1.807, 2.05) is 0 Å². The lowest BCUT2D eigenvalue weighted by molar-refractivity contribution is 0.312. The van der Waals surface area contributed by atoms with Gasteiger partial charge in [-0.15, -0.1) is 9.24 Å². The molecule has 2 N–H and O–H groups in total. The largest absolute Gasteiger partial charge is 0.382 e. The van der Waals surface area contributed by atoms with Crippen LogP contribution in [0.1, 0.15) is 18.9 Å². The number of anilines is 1. The summed E-state index contributed by atoms with van der Waals surface area (Å²) >= 11 is 0. The minimum atomic E-state index is 0.311. The zero-order valence-electron chi connectivity index (χ0n) is 10.1. The van der Waals surface area contributed by atoms with E-state index in [9.17, 15) is 0 Å². The summed E-state index contributed by atoms with van der Waals surface area (Å²) in [6.45, 7) is 4.19. The Morgan fingerprint density at radius 1 is 1.44 bits per heavy atom. The maximum atomic E-state index is 5.79. The van der Waals surface area contributed by atoms with Crippen LogP contribution in [0.5, 0.6) is 0 Å². The molecule has 2 heterocycles. The van der Waals surface area contributed by atoms with E-state index in [0.717, 1.165) is 18.2 Å². The first-order valence-electron chi connectivity index (χ1n) is 6.04. The highest BCUT2D eigenvalue weighted by atomic mass is 31.0. The van der Waals surface area contributed by atoms with Gasteiger partial charge < -0.3 is 10.3 Å². The third kappa shape index (κ3) is 1.62. The predicted molar refractivity (Wildman–Crippen MR) is 75.2 cm³/mol. The molecule has 0 amide bonds. The molecule has 1 aliphatic rings. The van der Waals surface area contributed by atoms with Gasteiger partial charge in [0.05, 0.1) is 12.4 Å². The van der Waals surface area contributed by atoms with E-state index in [-0.39, 0.29) is 0 Å². The molecule has 5 nitrogen and oxygen atoms in total. The molecular formula is C12H16N5P. The Bertz CT molecular complexity index is 606. The lowest BCUT2D eigenvalue weighted by Crippen LogP contribution is -2.29. The Morgan fingerprint density at radius 3 is 3.00 bits per heavy atom. The van der Waals surface area contributed by atoms with Crippen molar-refractivity contribution < 1.29 is 0 Å². The Hall–Kier alpha value is -1.48. The second-order valence-electron chi connectivity index (χ2n) is 4.68. The van der Waals surface area contributed by atoms with Crippen LogP contribution in [0.15, 0.2) is 24.8 Å². The van der Waals surface area contributed by atoms with E-state index in [2.05, 4.69) is 35.3 Å². The molecule has 3 atom stereocenters. The summed E-state index contributed by atoms with van der Waals surface area (Å²) in [7, 11) is 2.77. The molecule has 2 aromatic heterocycles. The van der Waals surface area contributed by atoms with E-state index in [1.54, 1.807) is 6.33 Å². The molecular weight excluding hydrogens is 245 g/mol. The highest BCUT2D eigenvalue weighted by Crippen LogP contribution is 2.45. The fraction of sp³-hybridized carbons (Fsp3) is 0.417. The van der Waals surface area contributed by atoms with Crippen LogP contribution in [0, 0.1) is 5.92 Å². The summed E-state index contributed by atoms with van der Waals surface area (Å²) in [4.78, 5) is 12.5. The van der Waals surface area contributed by atoms with Gasteiger partial charge in [-0.1, -0.05) is 12.2 Å². The highest BCUT2D eigenvalue weighted by molar-refractivity contribution is 7.16. The molecule has 94 valence electrons. The Kier molecular flexibility index (Phi) is 2.78. The summed E-state index contributed by atoms with van der Waals surface area (Å²) in [6.07, 6.45) is 6.70. The maximum Gasteiger partial charge on any atom is 0.165 e. The van der Waals surface area contributed by atoms with Gasteiger partial charge >= 0.3 is 0 Å². The van der Waals surface area contributed by atoms with Gasteiger partial charge in [0.15, 0.2) is 11.5 Å². The van der Waals surface area contributed by atoms with Crippen molar-refractivity contribution in [3.8, 4) is 0 Å². The van der Waals surface area contributed by atoms with Gasteiger partial charge in [-0.05, 0) is 24.9 Å². The van der Waals surface area contributed by atoms with Gasteiger partial charge in [-0.25, -0.2) is 15.0 Å². The number of hydrogen-bond acceptors (Lipinski definition) is 4. The normalized spacial score (nSPS) is 23.3. The van der Waals surface area contributed by atoms with Crippen LogP contribution in [-0.2, 0) is 0 Å². The quantitative estimate of drug-likeness (QED) is 0.675. The molecule has 1 aliphatic carbocycles. The van der Waals surface area contributed by atoms with Crippen LogP contribution in [0.4, 0.5) is 5.82 Å². The summed E-state index contributed by atoms with van der Waals surface area (Å²) in [6, 6.07) is 0.311. The molecule has 0 aliphatic heterocycles. The average Bonchev–Trinajstić information content (AvgIpc) is 2.78. The average molecular weight is 261 g/mol. The van der Waals surface area contributed by atoms with Gasteiger partial charge in [-0.3, -0.25) is 0 Å². The van der Waals surface area contributed by atoms with Crippen molar-refractivity contribution in [2.24, 2.45) is 5.92 Å². The zero-order valence-corrected chi connectivity index (χ0v) is 11.2. The fourth-order valence-corrected chi connectivity index (χ4v) is 2.98. The second-order valence-corrected chi connectivity index (χ2v) is 5.26. The monoisotopic (exact) mass is 261 g/mol. The van der Waals surface area contributed by atoms with Crippen molar-refractivity contribution in [2.75, 3.05) is 11.9 Å². The van der Waals surface area contributed by atoms with Gasteiger partial charge in [0, 0.05) is 0 Å². The minimum absolute atomic E-state index is 0.311. The summed E-state index contributed by atoms with van der Waals surface area (Å²) in [5.41, 5.74) is 8.54. The van der Waals surface area contributed by atoms with E-state index in [1.165, 1.54) is 18.3 Å². The molecule has 0 bridgehead atoms. The van der Waals surface area contributed by atoms with Gasteiger partial charge in [0.2, 0.25) is 0 Å². The molecule has 1 fully saturated rings. The zero-order chi connectivity index (χ0) is 12.7. The van der Waals surface area contributed by atoms with Crippen molar-refractivity contribution in [3.05, 3.63) is 24.8 Å². The topological polar surface area (TPSA) is 69.6 Å². The number of imidazole rings is 1. The van der Waals surface area contributed by atoms with E-state index >= 15 is 0 Å². The van der Waals surface area contributed by atoms with E-state index < -0.39 is 0 Å². The number of hydrogen-bond donors (Lipinski definition) is 1. The molecule has 3 unspecified atom stereocenters. The molecule has 3 rings (SSSR count). The van der Waals surface area contributed by atoms with Crippen molar-refractivity contribution in [2.45, 2.75) is 18.9 Å². The minimum Gasteiger partial charge on any atom is -0.382 e. The van der Waals surface area contributed by atoms with Crippen LogP contribution in [-0.4, -0.2) is 25.7 Å². The number of allylic oxidation sites excluding steroid dienone is 1. The van der Waals surface area contributed by atoms with Crippen molar-refractivity contribution in [1.82, 2.24) is 19.5 Å². The second kappa shape index (κ2) is 4.32. The first-order chi connectivity index (χ1) is 8.72. The molecule has 0 aromatic carbocycles. The molecule has 2 aromatic rings. The van der Waals surface area contributed by atoms with Crippen LogP contribution in [0.2, 0.25) is 0 Å². The van der Waals surface area contributed by atoms with Gasteiger partial charge in [0.25, 0.3) is 0 Å². The lowest BCUT2D eigenvalue weighted by atomic mass is 9.74. The SMILES string of the molecule is C=C1C(CCP)CC1n1cnc2c(N)ncnc21. The van der Waals surface area contributed by atoms with Gasteiger partial charge in [-0.2, -0.15) is 0 Å². The number of fused-ring (bicyclic) bond motifs is 1. The predicted octanol–water partition coefficient (Wildman–Crippen LogP) is 1.79. The Labute approximate surface area is 108 Å². The number of nitrogens with zero attached hydrogens (tertiary/aromatic N) is 4. The molecule has 6 heteroatoms. The number of nitrogens with two attached hydrogens (primary N) is 1. The third-order valence-electron chi connectivity index (χ3n) is 3.70. The number of rotatable bonds is 3. The van der Waals surface area contributed by atoms with Crippen molar-refractivity contribution >= 4 is 26.2 Å². The van der Waals surface area contributed by atoms with E-state index in [0.29, 0.717) is 23.3 Å². The van der Waals surface area contributed by atoms with Crippen molar-refractivity contribution in [3.63, 3.8) is 0 Å². The molecule has 0 radical (unpaired) electrons. The summed E-state index contributed by atoms with van der Waals surface area (Å²) in [5.74, 6) is 1.06. The molecule has 0 spiro atoms. The Balaban J connectivity index is 1.93. The number of aromatic nitrogens is 4. The summed E-state index contributed by atoms with van der Waals surface area (Å²) in [5, 5.41) is 0. The van der Waals surface area contributed by atoms with Crippen molar-refractivity contribution in [1.29, 1.82) is 0 Å².